The van der Waals surface area contributed by atoms with Gasteiger partial charge in [-0.25, -0.2) is 4.79 Å². The molecule has 1 saturated heterocycles. The third kappa shape index (κ3) is 3.51. The molecule has 106 valence electrons. The lowest BCUT2D eigenvalue weighted by Crippen LogP contribution is -2.40. The Morgan fingerprint density at radius 1 is 1.30 bits per heavy atom. The van der Waals surface area contributed by atoms with Crippen molar-refractivity contribution in [1.29, 1.82) is 0 Å². The summed E-state index contributed by atoms with van der Waals surface area (Å²) >= 11 is 1.13. The van der Waals surface area contributed by atoms with Gasteiger partial charge in [-0.05, 0) is 24.3 Å². The highest BCUT2D eigenvalue weighted by Gasteiger charge is 2.26. The molecule has 1 aromatic carbocycles. The van der Waals surface area contributed by atoms with Gasteiger partial charge in [-0.3, -0.25) is 14.5 Å². The van der Waals surface area contributed by atoms with Crippen molar-refractivity contribution in [3.63, 3.8) is 0 Å². The zero-order valence-corrected chi connectivity index (χ0v) is 11.4. The first-order valence-corrected chi connectivity index (χ1v) is 7.00. The summed E-state index contributed by atoms with van der Waals surface area (Å²) in [5.41, 5.74) is 0.176. The van der Waals surface area contributed by atoms with Crippen LogP contribution >= 0.6 is 11.8 Å². The minimum absolute atomic E-state index is 0.176. The summed E-state index contributed by atoms with van der Waals surface area (Å²) in [6, 6.07) is 5.95. The molecule has 0 aliphatic carbocycles. The fourth-order valence-electron chi connectivity index (χ4n) is 1.70. The highest BCUT2D eigenvalue weighted by Crippen LogP contribution is 2.18. The second kappa shape index (κ2) is 6.42. The van der Waals surface area contributed by atoms with E-state index in [1.165, 1.54) is 29.2 Å². The maximum absolute atomic E-state index is 11.5. The van der Waals surface area contributed by atoms with Crippen molar-refractivity contribution in [3.05, 3.63) is 29.8 Å². The molecule has 6 nitrogen and oxygen atoms in total. The lowest BCUT2D eigenvalue weighted by atomic mass is 10.2. The molecule has 1 aliphatic rings. The van der Waals surface area contributed by atoms with Gasteiger partial charge in [0.1, 0.15) is 12.4 Å². The molecule has 0 atom stereocenters. The Kier molecular flexibility index (Phi) is 4.62. The number of carboxylic acids is 1. The van der Waals surface area contributed by atoms with Crippen LogP contribution in [0.25, 0.3) is 0 Å². The van der Waals surface area contributed by atoms with Gasteiger partial charge in [0.15, 0.2) is 0 Å². The maximum atomic E-state index is 11.5. The van der Waals surface area contributed by atoms with Crippen LogP contribution in [0.15, 0.2) is 24.3 Å². The van der Waals surface area contributed by atoms with Gasteiger partial charge in [-0.15, -0.1) is 0 Å². The first-order valence-electron chi connectivity index (χ1n) is 6.01. The number of rotatable bonds is 5. The van der Waals surface area contributed by atoms with Crippen molar-refractivity contribution in [2.24, 2.45) is 0 Å². The zero-order chi connectivity index (χ0) is 14.5. The predicted molar refractivity (Wildman–Crippen MR) is 73.1 cm³/mol. The van der Waals surface area contributed by atoms with E-state index in [0.717, 1.165) is 11.8 Å². The van der Waals surface area contributed by atoms with E-state index in [4.69, 9.17) is 9.84 Å². The molecule has 1 heterocycles. The Labute approximate surface area is 119 Å². The van der Waals surface area contributed by atoms with Crippen molar-refractivity contribution in [3.8, 4) is 5.75 Å². The molecule has 20 heavy (non-hydrogen) atoms. The van der Waals surface area contributed by atoms with Gasteiger partial charge in [0, 0.05) is 12.2 Å². The zero-order valence-electron chi connectivity index (χ0n) is 10.6. The topological polar surface area (TPSA) is 83.9 Å². The third-order valence-electron chi connectivity index (χ3n) is 2.75. The minimum Gasteiger partial charge on any atom is -0.492 e. The van der Waals surface area contributed by atoms with Gasteiger partial charge in [-0.1, -0.05) is 11.8 Å². The monoisotopic (exact) mass is 295 g/mol. The summed E-state index contributed by atoms with van der Waals surface area (Å²) in [4.78, 5) is 34.9. The number of carboxylic acid groups (broad SMARTS) is 1. The third-order valence-corrected chi connectivity index (χ3v) is 3.62. The van der Waals surface area contributed by atoms with Crippen LogP contribution in [0.5, 0.6) is 5.75 Å². The summed E-state index contributed by atoms with van der Waals surface area (Å²) in [6.45, 7) is 0.385. The smallest absolute Gasteiger partial charge is 0.335 e. The molecule has 0 spiro atoms. The van der Waals surface area contributed by atoms with Crippen LogP contribution < -0.4 is 4.74 Å². The van der Waals surface area contributed by atoms with Crippen LogP contribution in [0, 0.1) is 0 Å². The average molecular weight is 295 g/mol. The number of ether oxygens (including phenoxy) is 1. The molecule has 0 unspecified atom stereocenters. The van der Waals surface area contributed by atoms with Gasteiger partial charge in [0.2, 0.25) is 5.91 Å². The number of hydrogen-bond acceptors (Lipinski definition) is 5. The summed E-state index contributed by atoms with van der Waals surface area (Å²) in [5, 5.41) is 8.51. The van der Waals surface area contributed by atoms with Crippen LogP contribution in [0.2, 0.25) is 0 Å². The van der Waals surface area contributed by atoms with E-state index in [-0.39, 0.29) is 29.9 Å². The second-order valence-electron chi connectivity index (χ2n) is 4.09. The van der Waals surface area contributed by atoms with Crippen LogP contribution in [0.3, 0.4) is 0 Å². The van der Waals surface area contributed by atoms with E-state index in [1.54, 1.807) is 0 Å². The van der Waals surface area contributed by atoms with Crippen LogP contribution in [-0.2, 0) is 4.79 Å². The Hall–Kier alpha value is -2.02. The van der Waals surface area contributed by atoms with Crippen molar-refractivity contribution in [1.82, 2.24) is 4.90 Å². The maximum Gasteiger partial charge on any atom is 0.335 e. The summed E-state index contributed by atoms with van der Waals surface area (Å²) in [6.07, 6.45) is 0.365. The highest BCUT2D eigenvalue weighted by atomic mass is 32.2. The normalized spacial score (nSPS) is 15.3. The standard InChI is InChI=1S/C13H13NO5S/c15-11-5-8-20-13(18)14(11)6-7-19-10-3-1-9(2-4-10)12(16)17/h1-4H,5-8H2,(H,16,17). The van der Waals surface area contributed by atoms with E-state index in [1.807, 2.05) is 0 Å². The number of carbonyl (C=O) groups is 3. The fourth-order valence-corrected chi connectivity index (χ4v) is 2.51. The van der Waals surface area contributed by atoms with E-state index >= 15 is 0 Å². The average Bonchev–Trinajstić information content (AvgIpc) is 2.42. The molecular weight excluding hydrogens is 282 g/mol. The summed E-state index contributed by atoms with van der Waals surface area (Å²) < 4.78 is 5.39. The number of nitrogens with zero attached hydrogens (tertiary/aromatic N) is 1. The Morgan fingerprint density at radius 3 is 2.60 bits per heavy atom. The number of amides is 2. The molecule has 0 aromatic heterocycles. The largest absolute Gasteiger partial charge is 0.492 e. The molecular formula is C13H13NO5S. The van der Waals surface area contributed by atoms with E-state index in [0.29, 0.717) is 17.9 Å². The highest BCUT2D eigenvalue weighted by molar-refractivity contribution is 8.13. The van der Waals surface area contributed by atoms with Gasteiger partial charge in [0.25, 0.3) is 5.24 Å². The number of aromatic carboxylic acids is 1. The first-order chi connectivity index (χ1) is 9.58. The number of hydrogen-bond donors (Lipinski definition) is 1. The minimum atomic E-state index is -1.00. The second-order valence-corrected chi connectivity index (χ2v) is 5.13. The molecule has 0 radical (unpaired) electrons. The number of benzene rings is 1. The molecule has 1 aliphatic heterocycles. The SMILES string of the molecule is O=C(O)c1ccc(OCCN2C(=O)CCSC2=O)cc1. The molecule has 2 amide bonds. The van der Waals surface area contributed by atoms with Crippen molar-refractivity contribution in [2.75, 3.05) is 18.9 Å². The van der Waals surface area contributed by atoms with Gasteiger partial charge >= 0.3 is 5.97 Å². The van der Waals surface area contributed by atoms with Gasteiger partial charge in [0.05, 0.1) is 12.1 Å². The lowest BCUT2D eigenvalue weighted by molar-refractivity contribution is -0.127. The molecule has 0 saturated carbocycles. The molecule has 7 heteroatoms. The summed E-state index contributed by atoms with van der Waals surface area (Å²) in [7, 11) is 0. The number of imide groups is 1. The molecule has 1 N–H and O–H groups in total. The van der Waals surface area contributed by atoms with E-state index in [9.17, 15) is 14.4 Å². The van der Waals surface area contributed by atoms with Crippen LogP contribution in [-0.4, -0.2) is 46.0 Å². The van der Waals surface area contributed by atoms with E-state index in [2.05, 4.69) is 0 Å². The predicted octanol–water partition coefficient (Wildman–Crippen LogP) is 1.85. The summed E-state index contributed by atoms with van der Waals surface area (Å²) in [5.74, 6) is -0.151. The molecule has 2 rings (SSSR count). The quantitative estimate of drug-likeness (QED) is 0.892. The number of thioether (sulfide) groups is 1. The Balaban J connectivity index is 1.84. The van der Waals surface area contributed by atoms with E-state index < -0.39 is 5.97 Å². The first kappa shape index (κ1) is 14.4. The van der Waals surface area contributed by atoms with Crippen molar-refractivity contribution in [2.45, 2.75) is 6.42 Å². The fraction of sp³-hybridized carbons (Fsp3) is 0.308. The van der Waals surface area contributed by atoms with Crippen molar-refractivity contribution >= 4 is 28.9 Å². The number of carbonyl (C=O) groups excluding carboxylic acids is 2. The Bertz CT molecular complexity index is 512. The van der Waals surface area contributed by atoms with Gasteiger partial charge < -0.3 is 9.84 Å². The molecule has 0 bridgehead atoms. The van der Waals surface area contributed by atoms with Crippen LogP contribution in [0.4, 0.5) is 4.79 Å². The lowest BCUT2D eigenvalue weighted by Gasteiger charge is -2.23. The molecule has 1 aromatic rings. The van der Waals surface area contributed by atoms with Crippen molar-refractivity contribution < 1.29 is 24.2 Å². The Morgan fingerprint density at radius 2 is 2.00 bits per heavy atom. The van der Waals surface area contributed by atoms with Gasteiger partial charge in [-0.2, -0.15) is 0 Å². The molecule has 1 fully saturated rings. The van der Waals surface area contributed by atoms with Crippen LogP contribution in [0.1, 0.15) is 16.8 Å².